The fraction of sp³-hybridized carbons (Fsp3) is 0.571. The van der Waals surface area contributed by atoms with Crippen molar-refractivity contribution in [2.75, 3.05) is 27.3 Å². The van der Waals surface area contributed by atoms with Crippen LogP contribution in [0.25, 0.3) is 0 Å². The molecule has 0 spiro atoms. The highest BCUT2D eigenvalue weighted by atomic mass is 16.5. The zero-order valence-electron chi connectivity index (χ0n) is 10.9. The van der Waals surface area contributed by atoms with Crippen molar-refractivity contribution >= 4 is 0 Å². The first-order valence-electron chi connectivity index (χ1n) is 6.22. The van der Waals surface area contributed by atoms with Crippen LogP contribution in [0.5, 0.6) is 5.75 Å². The average Bonchev–Trinajstić information content (AvgIpc) is 2.35. The maximum absolute atomic E-state index is 5.70. The second-order valence-corrected chi connectivity index (χ2v) is 4.09. The lowest BCUT2D eigenvalue weighted by molar-refractivity contribution is 0.184. The van der Waals surface area contributed by atoms with Crippen molar-refractivity contribution in [1.29, 1.82) is 0 Å². The third kappa shape index (κ3) is 6.29. The van der Waals surface area contributed by atoms with Crippen LogP contribution < -0.4 is 10.1 Å². The van der Waals surface area contributed by atoms with Crippen LogP contribution in [0.4, 0.5) is 0 Å². The van der Waals surface area contributed by atoms with E-state index in [1.54, 1.807) is 7.11 Å². The Bertz CT molecular complexity index is 302. The standard InChI is InChI=1S/C14H23NO2/c1-15-9-4-3-5-10-17-14-8-6-7-13(11-14)12-16-2/h6-8,11,15H,3-5,9-10,12H2,1-2H3. The topological polar surface area (TPSA) is 30.5 Å². The monoisotopic (exact) mass is 237 g/mol. The fourth-order valence-electron chi connectivity index (χ4n) is 1.66. The van der Waals surface area contributed by atoms with Gasteiger partial charge >= 0.3 is 0 Å². The molecule has 0 aliphatic carbocycles. The maximum Gasteiger partial charge on any atom is 0.119 e. The Morgan fingerprint density at radius 3 is 2.82 bits per heavy atom. The lowest BCUT2D eigenvalue weighted by Crippen LogP contribution is -2.07. The molecule has 3 heteroatoms. The van der Waals surface area contributed by atoms with Gasteiger partial charge in [0.25, 0.3) is 0 Å². The molecule has 1 rings (SSSR count). The minimum atomic E-state index is 0.638. The molecule has 0 radical (unpaired) electrons. The quantitative estimate of drug-likeness (QED) is 0.670. The number of rotatable bonds is 9. The predicted octanol–water partition coefficient (Wildman–Crippen LogP) is 2.60. The second kappa shape index (κ2) is 9.02. The van der Waals surface area contributed by atoms with E-state index in [-0.39, 0.29) is 0 Å². The molecule has 96 valence electrons. The van der Waals surface area contributed by atoms with E-state index in [9.17, 15) is 0 Å². The van der Waals surface area contributed by atoms with Gasteiger partial charge in [0.15, 0.2) is 0 Å². The summed E-state index contributed by atoms with van der Waals surface area (Å²) in [6, 6.07) is 8.08. The van der Waals surface area contributed by atoms with Crippen LogP contribution in [0.1, 0.15) is 24.8 Å². The van der Waals surface area contributed by atoms with E-state index < -0.39 is 0 Å². The van der Waals surface area contributed by atoms with Crippen molar-refractivity contribution in [1.82, 2.24) is 5.32 Å². The first kappa shape index (κ1) is 14.0. The van der Waals surface area contributed by atoms with E-state index in [2.05, 4.69) is 5.32 Å². The van der Waals surface area contributed by atoms with Gasteiger partial charge in [-0.05, 0) is 50.6 Å². The van der Waals surface area contributed by atoms with Gasteiger partial charge in [-0.25, -0.2) is 0 Å². The van der Waals surface area contributed by atoms with E-state index in [4.69, 9.17) is 9.47 Å². The van der Waals surface area contributed by atoms with Crippen LogP contribution in [0.2, 0.25) is 0 Å². The second-order valence-electron chi connectivity index (χ2n) is 4.09. The number of ether oxygens (including phenoxy) is 2. The SMILES string of the molecule is CNCCCCCOc1cccc(COC)c1. The van der Waals surface area contributed by atoms with Crippen molar-refractivity contribution in [3.63, 3.8) is 0 Å². The Hall–Kier alpha value is -1.06. The van der Waals surface area contributed by atoms with Gasteiger partial charge < -0.3 is 14.8 Å². The van der Waals surface area contributed by atoms with Gasteiger partial charge in [0.1, 0.15) is 5.75 Å². The molecule has 0 saturated carbocycles. The molecule has 0 bridgehead atoms. The van der Waals surface area contributed by atoms with Crippen LogP contribution in [0, 0.1) is 0 Å². The normalized spacial score (nSPS) is 10.5. The molecule has 1 aromatic rings. The summed E-state index contributed by atoms with van der Waals surface area (Å²) < 4.78 is 10.8. The maximum atomic E-state index is 5.70. The zero-order valence-corrected chi connectivity index (χ0v) is 10.9. The summed E-state index contributed by atoms with van der Waals surface area (Å²) in [6.07, 6.45) is 3.53. The molecule has 0 fully saturated rings. The minimum absolute atomic E-state index is 0.638. The summed E-state index contributed by atoms with van der Waals surface area (Å²) in [5.41, 5.74) is 1.15. The Labute approximate surface area is 104 Å². The number of nitrogens with one attached hydrogen (secondary N) is 1. The molecular weight excluding hydrogens is 214 g/mol. The van der Waals surface area contributed by atoms with Crippen LogP contribution in [-0.2, 0) is 11.3 Å². The molecule has 0 heterocycles. The third-order valence-corrected chi connectivity index (χ3v) is 2.55. The molecule has 0 amide bonds. The highest BCUT2D eigenvalue weighted by molar-refractivity contribution is 5.28. The van der Waals surface area contributed by atoms with Gasteiger partial charge in [-0.2, -0.15) is 0 Å². The van der Waals surface area contributed by atoms with Gasteiger partial charge in [0.05, 0.1) is 13.2 Å². The molecule has 17 heavy (non-hydrogen) atoms. The van der Waals surface area contributed by atoms with Crippen molar-refractivity contribution in [2.24, 2.45) is 0 Å². The van der Waals surface area contributed by atoms with Crippen LogP contribution in [0.3, 0.4) is 0 Å². The van der Waals surface area contributed by atoms with E-state index in [0.717, 1.165) is 30.9 Å². The van der Waals surface area contributed by atoms with E-state index in [1.807, 2.05) is 31.3 Å². The molecule has 0 atom stereocenters. The van der Waals surface area contributed by atoms with Crippen molar-refractivity contribution in [3.8, 4) is 5.75 Å². The van der Waals surface area contributed by atoms with Gasteiger partial charge in [-0.15, -0.1) is 0 Å². The van der Waals surface area contributed by atoms with E-state index in [0.29, 0.717) is 6.61 Å². The summed E-state index contributed by atoms with van der Waals surface area (Å²) in [5.74, 6) is 0.938. The highest BCUT2D eigenvalue weighted by Gasteiger charge is 1.96. The summed E-state index contributed by atoms with van der Waals surface area (Å²) in [6.45, 7) is 2.52. The minimum Gasteiger partial charge on any atom is -0.494 e. The molecular formula is C14H23NO2. The molecule has 0 aliphatic heterocycles. The zero-order chi connectivity index (χ0) is 12.3. The van der Waals surface area contributed by atoms with Crippen molar-refractivity contribution in [2.45, 2.75) is 25.9 Å². The van der Waals surface area contributed by atoms with Gasteiger partial charge in [0, 0.05) is 7.11 Å². The smallest absolute Gasteiger partial charge is 0.119 e. The van der Waals surface area contributed by atoms with Crippen LogP contribution in [-0.4, -0.2) is 27.3 Å². The Morgan fingerprint density at radius 1 is 1.18 bits per heavy atom. The number of hydrogen-bond donors (Lipinski definition) is 1. The average molecular weight is 237 g/mol. The van der Waals surface area contributed by atoms with E-state index >= 15 is 0 Å². The summed E-state index contributed by atoms with van der Waals surface area (Å²) in [4.78, 5) is 0. The van der Waals surface area contributed by atoms with Gasteiger partial charge in [0.2, 0.25) is 0 Å². The molecule has 0 unspecified atom stereocenters. The predicted molar refractivity (Wildman–Crippen MR) is 70.4 cm³/mol. The number of hydrogen-bond acceptors (Lipinski definition) is 3. The Balaban J connectivity index is 2.19. The molecule has 0 aliphatic rings. The Morgan fingerprint density at radius 2 is 2.06 bits per heavy atom. The van der Waals surface area contributed by atoms with Crippen LogP contribution in [0.15, 0.2) is 24.3 Å². The lowest BCUT2D eigenvalue weighted by atomic mass is 10.2. The molecule has 0 saturated heterocycles. The Kier molecular flexibility index (Phi) is 7.43. The largest absolute Gasteiger partial charge is 0.494 e. The fourth-order valence-corrected chi connectivity index (χ4v) is 1.66. The summed E-state index contributed by atoms with van der Waals surface area (Å²) in [5, 5.41) is 3.14. The molecule has 1 aromatic carbocycles. The number of benzene rings is 1. The summed E-state index contributed by atoms with van der Waals surface area (Å²) >= 11 is 0. The van der Waals surface area contributed by atoms with Crippen LogP contribution >= 0.6 is 0 Å². The molecule has 3 nitrogen and oxygen atoms in total. The van der Waals surface area contributed by atoms with E-state index in [1.165, 1.54) is 12.8 Å². The van der Waals surface area contributed by atoms with Crippen molar-refractivity contribution in [3.05, 3.63) is 29.8 Å². The number of methoxy groups -OCH3 is 1. The highest BCUT2D eigenvalue weighted by Crippen LogP contribution is 2.14. The van der Waals surface area contributed by atoms with Gasteiger partial charge in [-0.3, -0.25) is 0 Å². The van der Waals surface area contributed by atoms with Gasteiger partial charge in [-0.1, -0.05) is 12.1 Å². The molecule has 0 aromatic heterocycles. The first-order valence-corrected chi connectivity index (χ1v) is 6.22. The first-order chi connectivity index (χ1) is 8.36. The van der Waals surface area contributed by atoms with Crippen molar-refractivity contribution < 1.29 is 9.47 Å². The summed E-state index contributed by atoms with van der Waals surface area (Å²) in [7, 11) is 3.69. The number of unbranched alkanes of at least 4 members (excludes halogenated alkanes) is 2. The lowest BCUT2D eigenvalue weighted by Gasteiger charge is -2.07. The third-order valence-electron chi connectivity index (χ3n) is 2.55. The molecule has 1 N–H and O–H groups in total.